The molecule has 2 aromatic rings. The zero-order chi connectivity index (χ0) is 14.4. The van der Waals surface area contributed by atoms with Crippen molar-refractivity contribution in [3.8, 4) is 0 Å². The number of carbonyl (C=O) groups is 1. The van der Waals surface area contributed by atoms with Crippen molar-refractivity contribution in [2.75, 3.05) is 5.32 Å². The molecule has 0 aliphatic carbocycles. The number of rotatable bonds is 2. The molecule has 0 fully saturated rings. The Hall–Kier alpha value is -1.03. The summed E-state index contributed by atoms with van der Waals surface area (Å²) in [4.78, 5) is 13.8. The Bertz CT molecular complexity index is 689. The van der Waals surface area contributed by atoms with Crippen LogP contribution in [0.4, 0.5) is 5.69 Å². The van der Waals surface area contributed by atoms with Crippen LogP contribution in [0.3, 0.4) is 0 Å². The lowest BCUT2D eigenvalue weighted by atomic mass is 10.0. The normalized spacial score (nSPS) is 15.1. The number of hydrogen-bond acceptors (Lipinski definition) is 2. The van der Waals surface area contributed by atoms with Gasteiger partial charge in [0.25, 0.3) is 0 Å². The number of aryl methyl sites for hydroxylation is 2. The number of carbonyl (C=O) groups excluding carboxylic acids is 1. The quantitative estimate of drug-likeness (QED) is 0.786. The van der Waals surface area contributed by atoms with Crippen LogP contribution in [0, 0.1) is 13.8 Å². The van der Waals surface area contributed by atoms with E-state index in [1.54, 1.807) is 17.4 Å². The van der Waals surface area contributed by atoms with Gasteiger partial charge in [-0.15, -0.1) is 22.9 Å². The summed E-state index contributed by atoms with van der Waals surface area (Å²) in [7, 11) is 0. The monoisotopic (exact) mass is 325 g/mol. The molecule has 2 nitrogen and oxygen atoms in total. The second kappa shape index (κ2) is 5.06. The lowest BCUT2D eigenvalue weighted by Gasteiger charge is -2.12. The van der Waals surface area contributed by atoms with Crippen molar-refractivity contribution in [1.29, 1.82) is 0 Å². The molecule has 20 heavy (non-hydrogen) atoms. The zero-order valence-corrected chi connectivity index (χ0v) is 13.4. The minimum atomic E-state index is -0.277. The van der Waals surface area contributed by atoms with Crippen LogP contribution < -0.4 is 5.32 Å². The molecule has 0 radical (unpaired) electrons. The number of anilines is 1. The number of hydrogen-bond donors (Lipinski definition) is 1. The molecule has 0 saturated heterocycles. The summed E-state index contributed by atoms with van der Waals surface area (Å²) in [6.07, 6.45) is 0.394. The minimum Gasteiger partial charge on any atom is -0.325 e. The fourth-order valence-corrected chi connectivity index (χ4v) is 4.09. The van der Waals surface area contributed by atoms with Crippen LogP contribution in [0.15, 0.2) is 18.2 Å². The fraction of sp³-hybridized carbons (Fsp3) is 0.267. The van der Waals surface area contributed by atoms with Crippen LogP contribution in [-0.4, -0.2) is 5.91 Å². The molecule has 5 heteroatoms. The first-order chi connectivity index (χ1) is 9.45. The predicted molar refractivity (Wildman–Crippen MR) is 85.3 cm³/mol. The molecule has 104 valence electrons. The van der Waals surface area contributed by atoms with Gasteiger partial charge in [0, 0.05) is 20.5 Å². The molecule has 1 amide bonds. The summed E-state index contributed by atoms with van der Waals surface area (Å²) in [5.74, 6) is 0.00199. The standard InChI is InChI=1S/C15H13Cl2NOS/c1-7-3-13(20-8(7)2)15(17)10-4-9-5-14(19)18-12(9)6-11(10)16/h3-4,6,15H,5H2,1-2H3,(H,18,19). The molecule has 1 aromatic heterocycles. The molecule has 1 aromatic carbocycles. The Balaban J connectivity index is 2.02. The van der Waals surface area contributed by atoms with Crippen LogP contribution in [0.5, 0.6) is 0 Å². The van der Waals surface area contributed by atoms with Gasteiger partial charge in [0.05, 0.1) is 11.8 Å². The molecule has 1 aliphatic heterocycles. The highest BCUT2D eigenvalue weighted by Crippen LogP contribution is 2.41. The van der Waals surface area contributed by atoms with Gasteiger partial charge in [0.2, 0.25) is 5.91 Å². The summed E-state index contributed by atoms with van der Waals surface area (Å²) >= 11 is 14.6. The lowest BCUT2D eigenvalue weighted by molar-refractivity contribution is -0.115. The van der Waals surface area contributed by atoms with Crippen molar-refractivity contribution < 1.29 is 4.79 Å². The smallest absolute Gasteiger partial charge is 0.228 e. The maximum Gasteiger partial charge on any atom is 0.228 e. The van der Waals surface area contributed by atoms with E-state index < -0.39 is 0 Å². The van der Waals surface area contributed by atoms with Gasteiger partial charge in [0.1, 0.15) is 0 Å². The molecule has 1 N–H and O–H groups in total. The first-order valence-corrected chi connectivity index (χ1v) is 7.92. The summed E-state index contributed by atoms with van der Waals surface area (Å²) in [5, 5.41) is 3.11. The van der Waals surface area contributed by atoms with Gasteiger partial charge < -0.3 is 5.32 Å². The minimum absolute atomic E-state index is 0.00199. The van der Waals surface area contributed by atoms with Crippen LogP contribution >= 0.6 is 34.5 Å². The van der Waals surface area contributed by atoms with E-state index in [-0.39, 0.29) is 11.3 Å². The lowest BCUT2D eigenvalue weighted by Crippen LogP contribution is -2.03. The molecule has 0 spiro atoms. The van der Waals surface area contributed by atoms with E-state index in [1.165, 1.54) is 10.4 Å². The van der Waals surface area contributed by atoms with E-state index in [1.807, 2.05) is 6.07 Å². The molecule has 0 saturated carbocycles. The molecular formula is C15H13Cl2NOS. The Morgan fingerprint density at radius 2 is 2.05 bits per heavy atom. The number of halogens is 2. The van der Waals surface area contributed by atoms with Crippen molar-refractivity contribution >= 4 is 46.1 Å². The highest BCUT2D eigenvalue weighted by molar-refractivity contribution is 7.12. The second-order valence-corrected chi connectivity index (χ2v) is 7.14. The third-order valence-corrected chi connectivity index (χ3v) is 5.70. The summed E-state index contributed by atoms with van der Waals surface area (Å²) < 4.78 is 0. The highest BCUT2D eigenvalue weighted by atomic mass is 35.5. The number of benzene rings is 1. The Morgan fingerprint density at radius 3 is 2.70 bits per heavy atom. The van der Waals surface area contributed by atoms with Crippen molar-refractivity contribution in [1.82, 2.24) is 0 Å². The van der Waals surface area contributed by atoms with Gasteiger partial charge in [-0.1, -0.05) is 11.6 Å². The largest absolute Gasteiger partial charge is 0.325 e. The number of nitrogens with one attached hydrogen (secondary N) is 1. The van der Waals surface area contributed by atoms with Crippen LogP contribution in [0.25, 0.3) is 0 Å². The van der Waals surface area contributed by atoms with E-state index in [2.05, 4.69) is 25.2 Å². The molecule has 0 bridgehead atoms. The molecule has 1 aliphatic rings. The first kappa shape index (κ1) is 13.9. The number of fused-ring (bicyclic) bond motifs is 1. The van der Waals surface area contributed by atoms with Gasteiger partial charge in [-0.05, 0) is 48.7 Å². The predicted octanol–water partition coefficient (Wildman–Crippen LogP) is 4.84. The van der Waals surface area contributed by atoms with Crippen molar-refractivity contribution in [3.05, 3.63) is 49.7 Å². The second-order valence-electron chi connectivity index (χ2n) is 5.01. The topological polar surface area (TPSA) is 29.1 Å². The zero-order valence-electron chi connectivity index (χ0n) is 11.1. The average Bonchev–Trinajstić information content (AvgIpc) is 2.90. The number of alkyl halides is 1. The van der Waals surface area contributed by atoms with Gasteiger partial charge >= 0.3 is 0 Å². The molecule has 2 heterocycles. The number of thiophene rings is 1. The third-order valence-electron chi connectivity index (χ3n) is 3.56. The maximum absolute atomic E-state index is 11.4. The Labute approximate surface area is 131 Å². The molecular weight excluding hydrogens is 313 g/mol. The van der Waals surface area contributed by atoms with Gasteiger partial charge in [-0.2, -0.15) is 0 Å². The Kier molecular flexibility index (Phi) is 3.53. The average molecular weight is 326 g/mol. The van der Waals surface area contributed by atoms with Gasteiger partial charge in [-0.3, -0.25) is 4.79 Å². The van der Waals surface area contributed by atoms with Crippen molar-refractivity contribution in [2.45, 2.75) is 25.6 Å². The van der Waals surface area contributed by atoms with Gasteiger partial charge in [-0.25, -0.2) is 0 Å². The van der Waals surface area contributed by atoms with E-state index in [9.17, 15) is 4.79 Å². The Morgan fingerprint density at radius 1 is 1.30 bits per heavy atom. The van der Waals surface area contributed by atoms with E-state index in [0.717, 1.165) is 21.7 Å². The molecule has 1 unspecified atom stereocenters. The molecule has 3 rings (SSSR count). The van der Waals surface area contributed by atoms with E-state index in [0.29, 0.717) is 11.4 Å². The maximum atomic E-state index is 11.4. The van der Waals surface area contributed by atoms with E-state index in [4.69, 9.17) is 23.2 Å². The van der Waals surface area contributed by atoms with E-state index >= 15 is 0 Å². The summed E-state index contributed by atoms with van der Waals surface area (Å²) in [6, 6.07) is 5.84. The molecule has 1 atom stereocenters. The van der Waals surface area contributed by atoms with Gasteiger partial charge in [0.15, 0.2) is 0 Å². The van der Waals surface area contributed by atoms with Crippen LogP contribution in [-0.2, 0) is 11.2 Å². The number of amides is 1. The SMILES string of the molecule is Cc1cc(C(Cl)c2cc3c(cc2Cl)NC(=O)C3)sc1C. The summed E-state index contributed by atoms with van der Waals surface area (Å²) in [5.41, 5.74) is 3.87. The van der Waals surface area contributed by atoms with Crippen LogP contribution in [0.2, 0.25) is 5.02 Å². The third kappa shape index (κ3) is 2.34. The first-order valence-electron chi connectivity index (χ1n) is 6.29. The van der Waals surface area contributed by atoms with Crippen LogP contribution in [0.1, 0.15) is 31.8 Å². The fourth-order valence-electron chi connectivity index (χ4n) is 2.34. The van der Waals surface area contributed by atoms with Crippen molar-refractivity contribution in [3.63, 3.8) is 0 Å². The summed E-state index contributed by atoms with van der Waals surface area (Å²) in [6.45, 7) is 4.16. The highest BCUT2D eigenvalue weighted by Gasteiger charge is 2.23. The van der Waals surface area contributed by atoms with Crippen molar-refractivity contribution in [2.24, 2.45) is 0 Å².